The molecule has 1 unspecified atom stereocenters. The third-order valence-electron chi connectivity index (χ3n) is 5.87. The average Bonchev–Trinajstić information content (AvgIpc) is 2.78. The summed E-state index contributed by atoms with van der Waals surface area (Å²) >= 11 is 0. The average molecular weight is 478 g/mol. The fourth-order valence-electron chi connectivity index (χ4n) is 3.89. The van der Waals surface area contributed by atoms with Crippen molar-refractivity contribution in [2.75, 3.05) is 24.4 Å². The summed E-state index contributed by atoms with van der Waals surface area (Å²) in [7, 11) is -3.78. The molecule has 0 radical (unpaired) electrons. The molecule has 1 aromatic heterocycles. The Kier molecular flexibility index (Phi) is 8.25. The Labute approximate surface area is 194 Å². The quantitative estimate of drug-likeness (QED) is 0.354. The minimum Gasteiger partial charge on any atom is -0.354 e. The van der Waals surface area contributed by atoms with Crippen LogP contribution >= 0.6 is 0 Å². The van der Waals surface area contributed by atoms with Crippen LogP contribution in [0.5, 0.6) is 0 Å². The predicted molar refractivity (Wildman–Crippen MR) is 126 cm³/mol. The van der Waals surface area contributed by atoms with Gasteiger partial charge in [-0.25, -0.2) is 13.3 Å². The Bertz CT molecular complexity index is 1110. The zero-order valence-electron chi connectivity index (χ0n) is 18.9. The van der Waals surface area contributed by atoms with Gasteiger partial charge in [0, 0.05) is 25.3 Å². The van der Waals surface area contributed by atoms with E-state index in [1.807, 2.05) is 0 Å². The van der Waals surface area contributed by atoms with Gasteiger partial charge in [-0.1, -0.05) is 30.3 Å². The highest BCUT2D eigenvalue weighted by molar-refractivity contribution is 7.91. The van der Waals surface area contributed by atoms with Crippen molar-refractivity contribution in [1.29, 1.82) is 0 Å². The number of aromatic nitrogens is 1. The van der Waals surface area contributed by atoms with Gasteiger partial charge in [0.15, 0.2) is 6.29 Å². The molecule has 0 saturated carbocycles. The van der Waals surface area contributed by atoms with Crippen molar-refractivity contribution in [2.24, 2.45) is 11.7 Å². The minimum absolute atomic E-state index is 0.0822. The van der Waals surface area contributed by atoms with Gasteiger partial charge in [-0.3, -0.25) is 20.0 Å². The number of carbonyl (C=O) groups is 1. The first-order chi connectivity index (χ1) is 15.6. The molecule has 2 aromatic rings. The Balaban J connectivity index is 1.60. The molecule has 180 valence electrons. The van der Waals surface area contributed by atoms with Crippen molar-refractivity contribution in [1.82, 2.24) is 14.8 Å². The van der Waals surface area contributed by atoms with Crippen LogP contribution in [-0.2, 0) is 27.1 Å². The Morgan fingerprint density at radius 3 is 2.48 bits per heavy atom. The van der Waals surface area contributed by atoms with Crippen molar-refractivity contribution in [2.45, 2.75) is 38.4 Å². The molecule has 2 heterocycles. The lowest BCUT2D eigenvalue weighted by Crippen LogP contribution is -2.74. The van der Waals surface area contributed by atoms with Crippen LogP contribution in [0.4, 0.5) is 5.69 Å². The summed E-state index contributed by atoms with van der Waals surface area (Å²) in [5.41, 5.74) is 10.2. The number of hydrogen-bond acceptors (Lipinski definition) is 6. The number of hydrogen-bond donors (Lipinski definition) is 4. The number of pyridine rings is 1. The molecule has 0 spiro atoms. The molecule has 11 heteroatoms. The van der Waals surface area contributed by atoms with Gasteiger partial charge < -0.3 is 15.6 Å². The third kappa shape index (κ3) is 7.13. The fourth-order valence-corrected chi connectivity index (χ4v) is 5.08. The van der Waals surface area contributed by atoms with E-state index < -0.39 is 15.6 Å². The summed E-state index contributed by atoms with van der Waals surface area (Å²) in [6.07, 6.45) is 1.62. The van der Waals surface area contributed by atoms with E-state index in [1.54, 1.807) is 43.3 Å². The maximum Gasteiger partial charge on any atom is 0.275 e. The smallest absolute Gasteiger partial charge is 0.275 e. The van der Waals surface area contributed by atoms with E-state index in [0.29, 0.717) is 23.7 Å². The van der Waals surface area contributed by atoms with E-state index >= 15 is 0 Å². The molecule has 3 rings (SSSR count). The van der Waals surface area contributed by atoms with Crippen molar-refractivity contribution in [3.05, 3.63) is 64.1 Å². The topological polar surface area (TPSA) is 154 Å². The standard InChI is InChI=1S/C22H32N6O4S/c1-16-7-8-19(26-33(31,32)15-18-5-3-2-4-6-18)21(30)28(16)14-20(29)25-13-17-9-11-27(12-10-17)22(23)24/h2-8,17,22,26H,9-15,23-24H2,1H3,(H,25,29)/p+1. The number of carbonyl (C=O) groups excluding carboxylic acids is 1. The molecule has 33 heavy (non-hydrogen) atoms. The van der Waals surface area contributed by atoms with Crippen molar-refractivity contribution in [3.63, 3.8) is 0 Å². The van der Waals surface area contributed by atoms with Gasteiger partial charge in [0.25, 0.3) is 5.56 Å². The van der Waals surface area contributed by atoms with Crippen LogP contribution in [0.25, 0.3) is 0 Å². The van der Waals surface area contributed by atoms with Crippen LogP contribution in [0.3, 0.4) is 0 Å². The number of likely N-dealkylation sites (tertiary alicyclic amines) is 1. The molecule has 1 amide bonds. The summed E-state index contributed by atoms with van der Waals surface area (Å²) < 4.78 is 28.7. The summed E-state index contributed by atoms with van der Waals surface area (Å²) in [6, 6.07) is 11.8. The van der Waals surface area contributed by atoms with E-state index in [-0.39, 0.29) is 30.2 Å². The lowest BCUT2D eigenvalue weighted by Gasteiger charge is -2.32. The van der Waals surface area contributed by atoms with Crippen LogP contribution in [0, 0.1) is 12.8 Å². The number of anilines is 1. The predicted octanol–water partition coefficient (Wildman–Crippen LogP) is -0.589. The number of benzene rings is 1. The van der Waals surface area contributed by atoms with Gasteiger partial charge in [-0.05, 0) is 43.4 Å². The van der Waals surface area contributed by atoms with E-state index in [2.05, 4.69) is 20.7 Å². The number of rotatable bonds is 9. The summed E-state index contributed by atoms with van der Waals surface area (Å²) in [6.45, 7) is 3.73. The number of sulfonamides is 1. The normalized spacial score (nSPS) is 16.3. The third-order valence-corrected chi connectivity index (χ3v) is 7.11. The number of aryl methyl sites for hydroxylation is 1. The van der Waals surface area contributed by atoms with Gasteiger partial charge in [0.2, 0.25) is 15.9 Å². The first-order valence-corrected chi connectivity index (χ1v) is 12.6. The maximum atomic E-state index is 12.9. The molecule has 7 N–H and O–H groups in total. The second kappa shape index (κ2) is 10.9. The molecule has 1 atom stereocenters. The number of nitrogens with two attached hydrogens (primary N) is 1. The van der Waals surface area contributed by atoms with Crippen LogP contribution < -0.4 is 27.1 Å². The molecule has 10 nitrogen and oxygen atoms in total. The highest BCUT2D eigenvalue weighted by Gasteiger charge is 2.23. The molecular weight excluding hydrogens is 444 g/mol. The molecule has 1 aromatic carbocycles. The van der Waals surface area contributed by atoms with E-state index in [0.717, 1.165) is 25.9 Å². The number of piperidine rings is 1. The number of amides is 1. The summed E-state index contributed by atoms with van der Waals surface area (Å²) in [5, 5.41) is 2.90. The molecule has 1 aliphatic heterocycles. The van der Waals surface area contributed by atoms with Gasteiger partial charge in [-0.15, -0.1) is 0 Å². The Hall–Kier alpha value is -2.73. The number of quaternary nitrogens is 1. The zero-order valence-corrected chi connectivity index (χ0v) is 19.7. The minimum atomic E-state index is -3.78. The summed E-state index contributed by atoms with van der Waals surface area (Å²) in [5.74, 6) is -0.196. The van der Waals surface area contributed by atoms with Crippen molar-refractivity contribution in [3.8, 4) is 0 Å². The van der Waals surface area contributed by atoms with E-state index in [9.17, 15) is 18.0 Å². The zero-order chi connectivity index (χ0) is 24.0. The van der Waals surface area contributed by atoms with E-state index in [1.165, 1.54) is 10.6 Å². The first-order valence-electron chi connectivity index (χ1n) is 11.0. The van der Waals surface area contributed by atoms with Crippen LogP contribution in [0.2, 0.25) is 0 Å². The second-order valence-electron chi connectivity index (χ2n) is 8.48. The Morgan fingerprint density at radius 1 is 1.18 bits per heavy atom. The highest BCUT2D eigenvalue weighted by Crippen LogP contribution is 2.16. The lowest BCUT2D eigenvalue weighted by molar-refractivity contribution is -0.457. The van der Waals surface area contributed by atoms with Gasteiger partial charge >= 0.3 is 0 Å². The fraction of sp³-hybridized carbons (Fsp3) is 0.455. The lowest BCUT2D eigenvalue weighted by atomic mass is 9.97. The summed E-state index contributed by atoms with van der Waals surface area (Å²) in [4.78, 5) is 27.5. The maximum absolute atomic E-state index is 12.9. The first kappa shape index (κ1) is 24.9. The molecule has 1 aliphatic rings. The number of nitrogens with one attached hydrogen (secondary N) is 2. The largest absolute Gasteiger partial charge is 0.354 e. The van der Waals surface area contributed by atoms with Crippen LogP contribution in [0.1, 0.15) is 24.1 Å². The molecule has 0 aliphatic carbocycles. The van der Waals surface area contributed by atoms with Gasteiger partial charge in [-0.2, -0.15) is 0 Å². The molecule has 1 fully saturated rings. The van der Waals surface area contributed by atoms with Crippen molar-refractivity contribution >= 4 is 21.6 Å². The highest BCUT2D eigenvalue weighted by atomic mass is 32.2. The molecule has 1 saturated heterocycles. The monoisotopic (exact) mass is 477 g/mol. The van der Waals surface area contributed by atoms with Gasteiger partial charge in [0.05, 0.1) is 5.75 Å². The molecule has 0 bridgehead atoms. The molecular formula is C22H33N6O4S+. The van der Waals surface area contributed by atoms with Crippen LogP contribution in [0.15, 0.2) is 47.3 Å². The Morgan fingerprint density at radius 2 is 1.85 bits per heavy atom. The van der Waals surface area contributed by atoms with E-state index in [4.69, 9.17) is 5.73 Å². The second-order valence-corrected chi connectivity index (χ2v) is 10.2. The van der Waals surface area contributed by atoms with Gasteiger partial charge in [0.1, 0.15) is 12.2 Å². The van der Waals surface area contributed by atoms with Crippen molar-refractivity contribution < 1.29 is 18.9 Å². The number of nitrogens with zero attached hydrogens (tertiary/aromatic N) is 2. The van der Waals surface area contributed by atoms with Crippen LogP contribution in [-0.4, -0.2) is 49.7 Å². The SMILES string of the molecule is Cc1ccc(NS(=O)(=O)Cc2ccccc2)c(=O)n1CC(=O)NCC1CCN(C(N)[NH3+])CC1.